The molecule has 6 aromatic carbocycles. The van der Waals surface area contributed by atoms with E-state index in [0.717, 1.165) is 54.6 Å². The fourth-order valence-electron chi connectivity index (χ4n) is 6.11. The van der Waals surface area contributed by atoms with Crippen molar-refractivity contribution in [3.63, 3.8) is 0 Å². The summed E-state index contributed by atoms with van der Waals surface area (Å²) in [6.45, 7) is 3.92. The molecule has 2 heterocycles. The summed E-state index contributed by atoms with van der Waals surface area (Å²) in [5.41, 5.74) is 2.64. The molecule has 0 radical (unpaired) electrons. The molecule has 0 amide bonds. The lowest BCUT2D eigenvalue weighted by Gasteiger charge is -2.24. The molecular formula is C38H30NO4P. The van der Waals surface area contributed by atoms with Gasteiger partial charge in [0.25, 0.3) is 0 Å². The zero-order valence-electron chi connectivity index (χ0n) is 24.4. The summed E-state index contributed by atoms with van der Waals surface area (Å²) >= 11 is 0. The maximum Gasteiger partial charge on any atom is 0.388 e. The van der Waals surface area contributed by atoms with Gasteiger partial charge in [-0.1, -0.05) is 121 Å². The van der Waals surface area contributed by atoms with E-state index < -0.39 is 13.8 Å². The average Bonchev–Trinajstić information content (AvgIpc) is 3.46. The molecular weight excluding hydrogens is 565 g/mol. The van der Waals surface area contributed by atoms with Gasteiger partial charge in [-0.05, 0) is 58.7 Å². The van der Waals surface area contributed by atoms with Crippen LogP contribution in [0, 0.1) is 0 Å². The van der Waals surface area contributed by atoms with Crippen LogP contribution in [0.2, 0.25) is 0 Å². The maximum absolute atomic E-state index is 6.71. The van der Waals surface area contributed by atoms with Gasteiger partial charge >= 0.3 is 8.24 Å². The van der Waals surface area contributed by atoms with Gasteiger partial charge in [0.05, 0.1) is 0 Å². The molecule has 1 aliphatic rings. The highest BCUT2D eigenvalue weighted by Gasteiger charge is 2.42. The van der Waals surface area contributed by atoms with Crippen molar-refractivity contribution in [3.8, 4) is 0 Å². The number of hydrogen-bond acceptors (Lipinski definition) is 5. The molecule has 8 rings (SSSR count). The molecule has 1 aliphatic heterocycles. The van der Waals surface area contributed by atoms with E-state index in [1.807, 2.05) is 62.4 Å². The van der Waals surface area contributed by atoms with Crippen molar-refractivity contribution in [2.75, 3.05) is 0 Å². The zero-order valence-corrected chi connectivity index (χ0v) is 25.3. The number of benzene rings is 6. The van der Waals surface area contributed by atoms with E-state index in [-0.39, 0.29) is 12.1 Å². The molecule has 0 saturated carbocycles. The van der Waals surface area contributed by atoms with Crippen molar-refractivity contribution in [3.05, 3.63) is 145 Å². The molecule has 0 saturated heterocycles. The summed E-state index contributed by atoms with van der Waals surface area (Å²) in [7, 11) is -1.88. The van der Waals surface area contributed by atoms with E-state index in [1.165, 1.54) is 0 Å². The lowest BCUT2D eigenvalue weighted by Crippen LogP contribution is -2.37. The second kappa shape index (κ2) is 10.7. The number of hydrogen-bond donors (Lipinski definition) is 0. The Labute approximate surface area is 256 Å². The Balaban J connectivity index is 1.28. The largest absolute Gasteiger partial charge is 0.468 e. The SMILES string of the molecule is CC(C)(Op1oc2ccc3ccccc3c2c2c(ccc3ccccc32)o1)C1=N[C@@H](c2ccccc2)[C@H](c2ccccc2)O1. The van der Waals surface area contributed by atoms with Crippen LogP contribution < -0.4 is 4.52 Å². The van der Waals surface area contributed by atoms with Crippen LogP contribution >= 0.6 is 8.24 Å². The second-order valence-corrected chi connectivity index (χ2v) is 12.6. The monoisotopic (exact) mass is 595 g/mol. The number of aliphatic imine (C=N–C) groups is 1. The van der Waals surface area contributed by atoms with E-state index in [2.05, 4.69) is 84.9 Å². The number of ether oxygens (including phenoxy) is 1. The Morgan fingerprint density at radius 1 is 0.591 bits per heavy atom. The number of fused-ring (bicyclic) bond motifs is 7. The highest BCUT2D eigenvalue weighted by molar-refractivity contribution is 7.32. The molecule has 5 nitrogen and oxygen atoms in total. The van der Waals surface area contributed by atoms with Crippen LogP contribution in [0.3, 0.4) is 0 Å². The van der Waals surface area contributed by atoms with Crippen LogP contribution in [0.4, 0.5) is 0 Å². The van der Waals surface area contributed by atoms with Crippen molar-refractivity contribution >= 4 is 57.6 Å². The minimum absolute atomic E-state index is 0.209. The van der Waals surface area contributed by atoms with Crippen molar-refractivity contribution in [2.24, 2.45) is 4.99 Å². The number of rotatable bonds is 5. The topological polar surface area (TPSA) is 57.1 Å². The van der Waals surface area contributed by atoms with Crippen molar-refractivity contribution in [1.82, 2.24) is 0 Å². The highest BCUT2D eigenvalue weighted by atomic mass is 31.1. The fourth-order valence-corrected chi connectivity index (χ4v) is 7.30. The van der Waals surface area contributed by atoms with Crippen LogP contribution in [-0.4, -0.2) is 11.5 Å². The summed E-state index contributed by atoms with van der Waals surface area (Å²) in [6, 6.07) is 45.2. The summed E-state index contributed by atoms with van der Waals surface area (Å²) < 4.78 is 26.6. The number of nitrogens with zero attached hydrogens (tertiary/aromatic N) is 1. The van der Waals surface area contributed by atoms with Gasteiger partial charge in [0, 0.05) is 10.8 Å². The lowest BCUT2D eigenvalue weighted by molar-refractivity contribution is 0.141. The third-order valence-corrected chi connectivity index (χ3v) is 9.54. The molecule has 1 aromatic heterocycles. The first kappa shape index (κ1) is 26.8. The molecule has 0 bridgehead atoms. The Hall–Kier alpha value is -4.83. The van der Waals surface area contributed by atoms with Gasteiger partial charge in [-0.15, -0.1) is 0 Å². The summed E-state index contributed by atoms with van der Waals surface area (Å²) in [5, 5.41) is 6.47. The molecule has 0 spiro atoms. The predicted octanol–water partition coefficient (Wildman–Crippen LogP) is 10.7. The minimum atomic E-state index is -1.88. The molecule has 0 unspecified atom stereocenters. The van der Waals surface area contributed by atoms with Crippen molar-refractivity contribution in [2.45, 2.75) is 31.6 Å². The van der Waals surface area contributed by atoms with E-state index in [1.54, 1.807) is 0 Å². The molecule has 2 atom stereocenters. The zero-order chi connectivity index (χ0) is 29.7. The fraction of sp³-hybridized carbons (Fsp3) is 0.132. The van der Waals surface area contributed by atoms with E-state index in [9.17, 15) is 0 Å². The van der Waals surface area contributed by atoms with Gasteiger partial charge in [0.1, 0.15) is 17.2 Å². The molecule has 0 fully saturated rings. The molecule has 0 aliphatic carbocycles. The summed E-state index contributed by atoms with van der Waals surface area (Å²) in [4.78, 5) is 5.12. The van der Waals surface area contributed by atoms with Crippen LogP contribution in [0.1, 0.15) is 37.1 Å². The Morgan fingerprint density at radius 3 is 1.66 bits per heavy atom. The van der Waals surface area contributed by atoms with E-state index in [4.69, 9.17) is 22.6 Å². The van der Waals surface area contributed by atoms with Gasteiger partial charge in [-0.2, -0.15) is 0 Å². The molecule has 7 aromatic rings. The van der Waals surface area contributed by atoms with Crippen molar-refractivity contribution < 1.29 is 17.7 Å². The van der Waals surface area contributed by atoms with Gasteiger partial charge in [0.2, 0.25) is 5.90 Å². The first-order chi connectivity index (χ1) is 21.5. The predicted molar refractivity (Wildman–Crippen MR) is 179 cm³/mol. The molecule has 44 heavy (non-hydrogen) atoms. The Bertz CT molecular complexity index is 2130. The minimum Gasteiger partial charge on any atom is -0.468 e. The summed E-state index contributed by atoms with van der Waals surface area (Å²) in [6.07, 6.45) is -0.278. The van der Waals surface area contributed by atoms with Gasteiger partial charge in [0.15, 0.2) is 11.7 Å². The third-order valence-electron chi connectivity index (χ3n) is 8.25. The maximum atomic E-state index is 6.71. The quantitative estimate of drug-likeness (QED) is 0.199. The summed E-state index contributed by atoms with van der Waals surface area (Å²) in [5.74, 6) is 0.511. The smallest absolute Gasteiger partial charge is 0.388 e. The van der Waals surface area contributed by atoms with Gasteiger partial charge in [-0.25, -0.2) is 4.99 Å². The third kappa shape index (κ3) is 4.66. The molecule has 0 N–H and O–H groups in total. The Morgan fingerprint density at radius 2 is 1.09 bits per heavy atom. The van der Waals surface area contributed by atoms with Gasteiger partial charge in [-0.3, -0.25) is 4.52 Å². The van der Waals surface area contributed by atoms with E-state index in [0.29, 0.717) is 5.90 Å². The molecule has 216 valence electrons. The molecule has 6 heteroatoms. The van der Waals surface area contributed by atoms with Gasteiger partial charge < -0.3 is 13.1 Å². The normalized spacial score (nSPS) is 16.8. The average molecular weight is 596 g/mol. The van der Waals surface area contributed by atoms with Crippen LogP contribution in [-0.2, 0) is 4.74 Å². The van der Waals surface area contributed by atoms with Crippen molar-refractivity contribution in [1.29, 1.82) is 0 Å². The second-order valence-electron chi connectivity index (χ2n) is 11.6. The first-order valence-electron chi connectivity index (χ1n) is 14.8. The highest BCUT2D eigenvalue weighted by Crippen LogP contribution is 2.45. The lowest BCUT2D eigenvalue weighted by atomic mass is 9.97. The first-order valence-corrected chi connectivity index (χ1v) is 15.9. The van der Waals surface area contributed by atoms with Crippen LogP contribution in [0.25, 0.3) is 43.5 Å². The van der Waals surface area contributed by atoms with E-state index >= 15 is 0 Å². The van der Waals surface area contributed by atoms with Crippen LogP contribution in [0.15, 0.2) is 147 Å². The standard InChI is InChI=1S/C38H30NO4P/c1-38(2,37-39-35(27-15-5-3-6-16-27)36(40-37)28-17-7-4-8-18-28)43-44-41-31-23-21-25-13-9-11-19-29(25)33(31)34-30-20-12-10-14-26(30)22-24-32(34)42-44/h3-24,35-36H,1-2H3/t35-,36-/m0/s1. The van der Waals surface area contributed by atoms with Crippen LogP contribution in [0.5, 0.6) is 0 Å². The Kier molecular flexibility index (Phi) is 6.52.